The summed E-state index contributed by atoms with van der Waals surface area (Å²) in [6, 6.07) is 22.0. The van der Waals surface area contributed by atoms with E-state index in [1.54, 1.807) is 11.3 Å². The van der Waals surface area contributed by atoms with Gasteiger partial charge >= 0.3 is 0 Å². The first-order valence-electron chi connectivity index (χ1n) is 10.2. The van der Waals surface area contributed by atoms with Crippen LogP contribution in [0.1, 0.15) is 31.7 Å². The van der Waals surface area contributed by atoms with Crippen LogP contribution in [-0.4, -0.2) is 17.5 Å². The first-order chi connectivity index (χ1) is 15.0. The fourth-order valence-corrected chi connectivity index (χ4v) is 4.74. The third-order valence-electron chi connectivity index (χ3n) is 5.21. The van der Waals surface area contributed by atoms with E-state index in [0.29, 0.717) is 11.7 Å². The number of hydrogen-bond donors (Lipinski definition) is 1. The molecule has 6 heteroatoms. The third-order valence-corrected chi connectivity index (χ3v) is 6.95. The molecule has 1 heterocycles. The van der Waals surface area contributed by atoms with Gasteiger partial charge in [0.1, 0.15) is 10.8 Å². The highest BCUT2D eigenvalue weighted by Crippen LogP contribution is 2.35. The first-order valence-corrected chi connectivity index (χ1v) is 12.1. The van der Waals surface area contributed by atoms with Crippen molar-refractivity contribution < 1.29 is 9.53 Å². The number of ether oxygens (including phenoxy) is 1. The van der Waals surface area contributed by atoms with Gasteiger partial charge in [-0.05, 0) is 83.0 Å². The number of benzene rings is 3. The van der Waals surface area contributed by atoms with E-state index in [1.807, 2.05) is 48.5 Å². The van der Waals surface area contributed by atoms with Gasteiger partial charge in [-0.1, -0.05) is 38.1 Å². The number of aromatic nitrogens is 1. The highest BCUT2D eigenvalue weighted by atomic mass is 127. The van der Waals surface area contributed by atoms with Crippen LogP contribution in [0.15, 0.2) is 66.7 Å². The van der Waals surface area contributed by atoms with Crippen LogP contribution in [0.5, 0.6) is 5.75 Å². The minimum absolute atomic E-state index is 0.0477. The van der Waals surface area contributed by atoms with Crippen molar-refractivity contribution in [2.45, 2.75) is 26.2 Å². The molecule has 1 amide bonds. The second kappa shape index (κ2) is 9.78. The highest BCUT2D eigenvalue weighted by molar-refractivity contribution is 14.1. The number of anilines is 1. The van der Waals surface area contributed by atoms with E-state index in [0.717, 1.165) is 36.5 Å². The van der Waals surface area contributed by atoms with Gasteiger partial charge in [0, 0.05) is 9.13 Å². The van der Waals surface area contributed by atoms with Gasteiger partial charge in [0.2, 0.25) is 0 Å². The van der Waals surface area contributed by atoms with Crippen LogP contribution in [-0.2, 0) is 4.79 Å². The number of nitrogens with zero attached hydrogens (tertiary/aromatic N) is 1. The fourth-order valence-electron chi connectivity index (χ4n) is 3.25. The second-order valence-corrected chi connectivity index (χ2v) is 9.67. The molecule has 0 aliphatic carbocycles. The van der Waals surface area contributed by atoms with Gasteiger partial charge in [0.05, 0.1) is 15.9 Å². The largest absolute Gasteiger partial charge is 0.484 e. The standard InChI is InChI=1S/C25H23IN2O2S/c1-3-16(2)17-8-11-19(12-9-17)30-15-24(29)27-21-13-10-18(26)14-20(21)25-28-22-6-4-5-7-23(22)31-25/h4-14,16H,3,15H2,1-2H3,(H,27,29). The van der Waals surface area contributed by atoms with Gasteiger partial charge in [-0.15, -0.1) is 11.3 Å². The lowest BCUT2D eigenvalue weighted by Crippen LogP contribution is -2.20. The van der Waals surface area contributed by atoms with Crippen LogP contribution in [0.3, 0.4) is 0 Å². The van der Waals surface area contributed by atoms with Gasteiger partial charge in [-0.3, -0.25) is 4.79 Å². The second-order valence-electron chi connectivity index (χ2n) is 7.39. The summed E-state index contributed by atoms with van der Waals surface area (Å²) in [6.45, 7) is 4.33. The maximum atomic E-state index is 12.6. The molecule has 0 aliphatic rings. The number of para-hydroxylation sites is 1. The van der Waals surface area contributed by atoms with Gasteiger partial charge in [-0.2, -0.15) is 0 Å². The number of carbonyl (C=O) groups is 1. The molecule has 4 nitrogen and oxygen atoms in total. The summed E-state index contributed by atoms with van der Waals surface area (Å²) in [5, 5.41) is 3.87. The lowest BCUT2D eigenvalue weighted by molar-refractivity contribution is -0.118. The number of hydrogen-bond acceptors (Lipinski definition) is 4. The Hall–Kier alpha value is -2.45. The first kappa shape index (κ1) is 21.8. The molecule has 158 valence electrons. The number of amides is 1. The van der Waals surface area contributed by atoms with Crippen molar-refractivity contribution in [1.29, 1.82) is 0 Å². The van der Waals surface area contributed by atoms with E-state index in [-0.39, 0.29) is 12.5 Å². The maximum Gasteiger partial charge on any atom is 0.262 e. The third kappa shape index (κ3) is 5.25. The van der Waals surface area contributed by atoms with Crippen molar-refractivity contribution in [3.63, 3.8) is 0 Å². The molecule has 4 aromatic rings. The van der Waals surface area contributed by atoms with Crippen LogP contribution >= 0.6 is 33.9 Å². The Labute approximate surface area is 199 Å². The summed E-state index contributed by atoms with van der Waals surface area (Å²) < 4.78 is 7.91. The molecule has 1 N–H and O–H groups in total. The summed E-state index contributed by atoms with van der Waals surface area (Å²) in [5.74, 6) is 1.00. The Kier molecular flexibility index (Phi) is 6.87. The van der Waals surface area contributed by atoms with E-state index in [2.05, 4.69) is 60.0 Å². The fraction of sp³-hybridized carbons (Fsp3) is 0.200. The molecular weight excluding hydrogens is 519 g/mol. The SMILES string of the molecule is CCC(C)c1ccc(OCC(=O)Nc2ccc(I)cc2-c2nc3ccccc3s2)cc1. The Morgan fingerprint density at radius 1 is 1.13 bits per heavy atom. The molecule has 0 radical (unpaired) electrons. The van der Waals surface area contributed by atoms with E-state index in [9.17, 15) is 4.79 Å². The van der Waals surface area contributed by atoms with Crippen LogP contribution in [0.25, 0.3) is 20.8 Å². The van der Waals surface area contributed by atoms with Gasteiger partial charge in [-0.25, -0.2) is 4.98 Å². The van der Waals surface area contributed by atoms with Crippen LogP contribution in [0, 0.1) is 3.57 Å². The smallest absolute Gasteiger partial charge is 0.262 e. The van der Waals surface area contributed by atoms with E-state index in [4.69, 9.17) is 9.72 Å². The van der Waals surface area contributed by atoms with E-state index < -0.39 is 0 Å². The summed E-state index contributed by atoms with van der Waals surface area (Å²) >= 11 is 3.89. The van der Waals surface area contributed by atoms with Crippen LogP contribution < -0.4 is 10.1 Å². The molecule has 0 fully saturated rings. The van der Waals surface area contributed by atoms with Crippen molar-refractivity contribution in [3.8, 4) is 16.3 Å². The molecule has 1 atom stereocenters. The van der Waals surface area contributed by atoms with Gasteiger partial charge < -0.3 is 10.1 Å². The highest BCUT2D eigenvalue weighted by Gasteiger charge is 2.14. The average Bonchev–Trinajstić information content (AvgIpc) is 3.23. The number of carbonyl (C=O) groups excluding carboxylic acids is 1. The quantitative estimate of drug-likeness (QED) is 0.254. The van der Waals surface area contributed by atoms with E-state index >= 15 is 0 Å². The summed E-state index contributed by atoms with van der Waals surface area (Å²) in [5.41, 5.74) is 3.89. The number of nitrogens with one attached hydrogen (secondary N) is 1. The summed E-state index contributed by atoms with van der Waals surface area (Å²) in [4.78, 5) is 17.3. The molecule has 31 heavy (non-hydrogen) atoms. The van der Waals surface area contributed by atoms with Crippen LogP contribution in [0.2, 0.25) is 0 Å². The van der Waals surface area contributed by atoms with Gasteiger partial charge in [0.15, 0.2) is 6.61 Å². The lowest BCUT2D eigenvalue weighted by atomic mass is 9.99. The zero-order valence-corrected chi connectivity index (χ0v) is 20.4. The molecular formula is C25H23IN2O2S. The molecule has 4 rings (SSSR count). The van der Waals surface area contributed by atoms with Crippen molar-refractivity contribution in [2.75, 3.05) is 11.9 Å². The Balaban J connectivity index is 1.47. The maximum absolute atomic E-state index is 12.6. The predicted molar refractivity (Wildman–Crippen MR) is 137 cm³/mol. The number of fused-ring (bicyclic) bond motifs is 1. The van der Waals surface area contributed by atoms with Crippen molar-refractivity contribution in [3.05, 3.63) is 75.9 Å². The van der Waals surface area contributed by atoms with Crippen molar-refractivity contribution >= 4 is 55.7 Å². The normalized spacial score (nSPS) is 12.0. The zero-order chi connectivity index (χ0) is 21.8. The van der Waals surface area contributed by atoms with Gasteiger partial charge in [0.25, 0.3) is 5.91 Å². The Morgan fingerprint density at radius 3 is 2.65 bits per heavy atom. The van der Waals surface area contributed by atoms with E-state index in [1.165, 1.54) is 5.56 Å². The average molecular weight is 542 g/mol. The topological polar surface area (TPSA) is 51.2 Å². The molecule has 0 saturated carbocycles. The molecule has 1 aromatic heterocycles. The molecule has 1 unspecified atom stereocenters. The zero-order valence-electron chi connectivity index (χ0n) is 17.4. The van der Waals surface area contributed by atoms with Crippen molar-refractivity contribution in [2.24, 2.45) is 0 Å². The molecule has 0 spiro atoms. The Morgan fingerprint density at radius 2 is 1.90 bits per heavy atom. The van der Waals surface area contributed by atoms with Crippen molar-refractivity contribution in [1.82, 2.24) is 4.98 Å². The summed E-state index contributed by atoms with van der Waals surface area (Å²) in [6.07, 6.45) is 1.09. The number of thiazole rings is 1. The molecule has 0 aliphatic heterocycles. The van der Waals surface area contributed by atoms with Crippen LogP contribution in [0.4, 0.5) is 5.69 Å². The number of rotatable bonds is 7. The predicted octanol–water partition coefficient (Wildman–Crippen LogP) is 7.10. The number of halogens is 1. The summed E-state index contributed by atoms with van der Waals surface area (Å²) in [7, 11) is 0. The lowest BCUT2D eigenvalue weighted by Gasteiger charge is -2.12. The Bertz CT molecular complexity index is 1170. The molecule has 0 saturated heterocycles. The minimum atomic E-state index is -0.199. The molecule has 0 bridgehead atoms. The monoisotopic (exact) mass is 542 g/mol. The minimum Gasteiger partial charge on any atom is -0.484 e. The molecule has 3 aromatic carbocycles.